The second-order valence-electron chi connectivity index (χ2n) is 4.29. The van der Waals surface area contributed by atoms with Crippen LogP contribution in [-0.4, -0.2) is 11.7 Å². The highest BCUT2D eigenvalue weighted by Crippen LogP contribution is 2.31. The number of hydrogen-bond donors (Lipinski definition) is 1. The fourth-order valence-electron chi connectivity index (χ4n) is 1.86. The van der Waals surface area contributed by atoms with Crippen molar-refractivity contribution in [2.75, 3.05) is 6.61 Å². The van der Waals surface area contributed by atoms with Gasteiger partial charge in [-0.15, -0.1) is 0 Å². The zero-order valence-electron chi connectivity index (χ0n) is 9.76. The van der Waals surface area contributed by atoms with Gasteiger partial charge >= 0.3 is 0 Å². The van der Waals surface area contributed by atoms with Crippen molar-refractivity contribution >= 4 is 15.9 Å². The zero-order chi connectivity index (χ0) is 12.2. The van der Waals surface area contributed by atoms with Crippen LogP contribution in [0.5, 0.6) is 0 Å². The van der Waals surface area contributed by atoms with Crippen LogP contribution in [0.15, 0.2) is 22.7 Å². The van der Waals surface area contributed by atoms with Crippen molar-refractivity contribution in [3.8, 4) is 0 Å². The number of aliphatic hydroxyl groups is 1. The van der Waals surface area contributed by atoms with Gasteiger partial charge in [-0.05, 0) is 58.3 Å². The minimum Gasteiger partial charge on any atom is -0.396 e. The maximum absolute atomic E-state index is 13.1. The average molecular weight is 289 g/mol. The van der Waals surface area contributed by atoms with Crippen LogP contribution in [0.2, 0.25) is 0 Å². The first-order valence-corrected chi connectivity index (χ1v) is 6.41. The smallest absolute Gasteiger partial charge is 0.137 e. The molecule has 90 valence electrons. The van der Waals surface area contributed by atoms with Gasteiger partial charge in [0, 0.05) is 6.61 Å². The second kappa shape index (κ2) is 5.78. The molecule has 0 aliphatic rings. The molecular weight excluding hydrogens is 271 g/mol. The molecule has 1 N–H and O–H groups in total. The minimum absolute atomic E-state index is 0.0722. The van der Waals surface area contributed by atoms with Crippen molar-refractivity contribution in [3.05, 3.63) is 34.1 Å². The van der Waals surface area contributed by atoms with E-state index in [4.69, 9.17) is 0 Å². The van der Waals surface area contributed by atoms with E-state index >= 15 is 0 Å². The summed E-state index contributed by atoms with van der Waals surface area (Å²) in [4.78, 5) is 0. The monoisotopic (exact) mass is 288 g/mol. The summed E-state index contributed by atoms with van der Waals surface area (Å²) in [5, 5.41) is 9.48. The molecule has 0 unspecified atom stereocenters. The molecule has 0 bridgehead atoms. The molecule has 0 aliphatic heterocycles. The van der Waals surface area contributed by atoms with Crippen LogP contribution in [-0.2, 0) is 6.42 Å². The minimum atomic E-state index is -0.244. The molecular formula is C13H18BrFO. The van der Waals surface area contributed by atoms with Crippen LogP contribution < -0.4 is 0 Å². The van der Waals surface area contributed by atoms with E-state index in [0.717, 1.165) is 24.8 Å². The van der Waals surface area contributed by atoms with Crippen LogP contribution in [0.1, 0.15) is 32.3 Å². The van der Waals surface area contributed by atoms with E-state index in [-0.39, 0.29) is 17.8 Å². The molecule has 1 aromatic carbocycles. The van der Waals surface area contributed by atoms with Gasteiger partial charge in [0.2, 0.25) is 0 Å². The normalized spacial score (nSPS) is 11.8. The van der Waals surface area contributed by atoms with Crippen molar-refractivity contribution in [1.82, 2.24) is 0 Å². The molecule has 1 nitrogen and oxygen atoms in total. The molecule has 0 aliphatic carbocycles. The summed E-state index contributed by atoms with van der Waals surface area (Å²) in [7, 11) is 0. The highest BCUT2D eigenvalue weighted by molar-refractivity contribution is 9.10. The Bertz CT molecular complexity index is 340. The summed E-state index contributed by atoms with van der Waals surface area (Å²) < 4.78 is 13.6. The van der Waals surface area contributed by atoms with Crippen molar-refractivity contribution in [3.63, 3.8) is 0 Å². The van der Waals surface area contributed by atoms with Gasteiger partial charge in [0.05, 0.1) is 4.47 Å². The molecule has 3 heteroatoms. The third kappa shape index (κ3) is 3.05. The Labute approximate surface area is 105 Å². The molecule has 1 aromatic rings. The molecule has 0 radical (unpaired) electrons. The van der Waals surface area contributed by atoms with Gasteiger partial charge in [-0.3, -0.25) is 0 Å². The van der Waals surface area contributed by atoms with Crippen molar-refractivity contribution in [2.24, 2.45) is 5.41 Å². The molecule has 0 fully saturated rings. The number of hydrogen-bond acceptors (Lipinski definition) is 1. The van der Waals surface area contributed by atoms with Crippen LogP contribution in [0.3, 0.4) is 0 Å². The van der Waals surface area contributed by atoms with Crippen LogP contribution >= 0.6 is 15.9 Å². The summed E-state index contributed by atoms with van der Waals surface area (Å²) in [5.74, 6) is -0.244. The highest BCUT2D eigenvalue weighted by atomic mass is 79.9. The lowest BCUT2D eigenvalue weighted by molar-refractivity contribution is 0.115. The maximum Gasteiger partial charge on any atom is 0.137 e. The predicted octanol–water partition coefficient (Wildman–Crippen LogP) is 3.93. The standard InChI is InChI=1S/C13H18BrFO/c1-3-13(4-2,9-16)8-10-5-6-12(15)11(14)7-10/h5-7,16H,3-4,8-9H2,1-2H3. The predicted molar refractivity (Wildman–Crippen MR) is 67.9 cm³/mol. The quantitative estimate of drug-likeness (QED) is 0.870. The first-order chi connectivity index (χ1) is 7.56. The average Bonchev–Trinajstić information content (AvgIpc) is 2.31. The van der Waals surface area contributed by atoms with E-state index in [1.807, 2.05) is 0 Å². The molecule has 0 atom stereocenters. The third-order valence-electron chi connectivity index (χ3n) is 3.40. The zero-order valence-corrected chi connectivity index (χ0v) is 11.3. The molecule has 1 rings (SSSR count). The van der Waals surface area contributed by atoms with Gasteiger partial charge in [-0.2, -0.15) is 0 Å². The summed E-state index contributed by atoms with van der Waals surface area (Å²) in [6.45, 7) is 4.34. The Morgan fingerprint density at radius 3 is 2.38 bits per heavy atom. The summed E-state index contributed by atoms with van der Waals surface area (Å²) >= 11 is 3.18. The Kier molecular flexibility index (Phi) is 4.93. The molecule has 0 spiro atoms. The fraction of sp³-hybridized carbons (Fsp3) is 0.538. The van der Waals surface area contributed by atoms with E-state index in [0.29, 0.717) is 4.47 Å². The highest BCUT2D eigenvalue weighted by Gasteiger charge is 2.25. The number of halogens is 2. The van der Waals surface area contributed by atoms with Crippen molar-refractivity contribution < 1.29 is 9.50 Å². The first-order valence-electron chi connectivity index (χ1n) is 5.61. The molecule has 0 amide bonds. The van der Waals surface area contributed by atoms with Gasteiger partial charge in [0.15, 0.2) is 0 Å². The van der Waals surface area contributed by atoms with Gasteiger partial charge in [-0.1, -0.05) is 19.9 Å². The summed E-state index contributed by atoms with van der Waals surface area (Å²) in [6, 6.07) is 5.05. The number of benzene rings is 1. The van der Waals surface area contributed by atoms with Crippen LogP contribution in [0.4, 0.5) is 4.39 Å². The first kappa shape index (κ1) is 13.7. The van der Waals surface area contributed by atoms with Crippen molar-refractivity contribution in [2.45, 2.75) is 33.1 Å². The van der Waals surface area contributed by atoms with Gasteiger partial charge < -0.3 is 5.11 Å². The maximum atomic E-state index is 13.1. The Balaban J connectivity index is 2.89. The lowest BCUT2D eigenvalue weighted by Crippen LogP contribution is -2.26. The topological polar surface area (TPSA) is 20.2 Å². The fourth-order valence-corrected chi connectivity index (χ4v) is 2.29. The van der Waals surface area contributed by atoms with E-state index in [9.17, 15) is 9.50 Å². The SMILES string of the molecule is CCC(CC)(CO)Cc1ccc(F)c(Br)c1. The van der Waals surface area contributed by atoms with E-state index in [1.165, 1.54) is 6.07 Å². The van der Waals surface area contributed by atoms with E-state index in [2.05, 4.69) is 29.8 Å². The van der Waals surface area contributed by atoms with Crippen LogP contribution in [0, 0.1) is 11.2 Å². The Morgan fingerprint density at radius 1 is 1.31 bits per heavy atom. The molecule has 0 aromatic heterocycles. The summed E-state index contributed by atoms with van der Waals surface area (Å²) in [6.07, 6.45) is 2.64. The number of aliphatic hydroxyl groups excluding tert-OH is 1. The summed E-state index contributed by atoms with van der Waals surface area (Å²) in [5.41, 5.74) is 0.989. The Morgan fingerprint density at radius 2 is 1.94 bits per heavy atom. The Hall–Kier alpha value is -0.410. The van der Waals surface area contributed by atoms with Crippen LogP contribution in [0.25, 0.3) is 0 Å². The molecule has 0 saturated carbocycles. The largest absolute Gasteiger partial charge is 0.396 e. The molecule has 0 saturated heterocycles. The number of rotatable bonds is 5. The van der Waals surface area contributed by atoms with Gasteiger partial charge in [0.1, 0.15) is 5.82 Å². The van der Waals surface area contributed by atoms with E-state index < -0.39 is 0 Å². The van der Waals surface area contributed by atoms with Crippen molar-refractivity contribution in [1.29, 1.82) is 0 Å². The van der Waals surface area contributed by atoms with E-state index in [1.54, 1.807) is 12.1 Å². The second-order valence-corrected chi connectivity index (χ2v) is 5.14. The molecule has 0 heterocycles. The lowest BCUT2D eigenvalue weighted by atomic mass is 9.78. The van der Waals surface area contributed by atoms with Gasteiger partial charge in [-0.25, -0.2) is 4.39 Å². The lowest BCUT2D eigenvalue weighted by Gasteiger charge is -2.29. The van der Waals surface area contributed by atoms with Gasteiger partial charge in [0.25, 0.3) is 0 Å². The molecule has 16 heavy (non-hydrogen) atoms. The third-order valence-corrected chi connectivity index (χ3v) is 4.01.